The average molecular weight is 478 g/mol. The molecule has 32 heavy (non-hydrogen) atoms. The van der Waals surface area contributed by atoms with Gasteiger partial charge in [0.2, 0.25) is 15.9 Å². The van der Waals surface area contributed by atoms with E-state index in [0.29, 0.717) is 41.5 Å². The Hall–Kier alpha value is -2.62. The first-order valence-electron chi connectivity index (χ1n) is 10.3. The maximum absolute atomic E-state index is 13.3. The number of anilines is 2. The minimum Gasteiger partial charge on any atom is -0.479 e. The van der Waals surface area contributed by atoms with E-state index in [1.165, 1.54) is 22.5 Å². The van der Waals surface area contributed by atoms with Crippen molar-refractivity contribution in [2.24, 2.45) is 5.92 Å². The lowest BCUT2D eigenvalue weighted by atomic mass is 9.98. The van der Waals surface area contributed by atoms with Crippen molar-refractivity contribution in [1.82, 2.24) is 4.31 Å². The Morgan fingerprint density at radius 1 is 1.25 bits per heavy atom. The molecule has 0 aliphatic carbocycles. The molecule has 2 aliphatic heterocycles. The number of rotatable bonds is 4. The second kappa shape index (κ2) is 8.73. The zero-order valence-corrected chi connectivity index (χ0v) is 19.3. The molecule has 8 nitrogen and oxygen atoms in total. The Morgan fingerprint density at radius 3 is 2.78 bits per heavy atom. The Kier molecular flexibility index (Phi) is 6.15. The Balaban J connectivity index is 1.50. The van der Waals surface area contributed by atoms with Gasteiger partial charge in [-0.2, -0.15) is 4.31 Å². The van der Waals surface area contributed by atoms with Crippen molar-refractivity contribution in [3.8, 4) is 5.75 Å². The van der Waals surface area contributed by atoms with E-state index < -0.39 is 22.0 Å². The molecule has 170 valence electrons. The molecule has 2 N–H and O–H groups in total. The average Bonchev–Trinajstić information content (AvgIpc) is 2.76. The first-order valence-corrected chi connectivity index (χ1v) is 12.2. The highest BCUT2D eigenvalue weighted by Crippen LogP contribution is 2.34. The van der Waals surface area contributed by atoms with Gasteiger partial charge in [-0.15, -0.1) is 0 Å². The summed E-state index contributed by atoms with van der Waals surface area (Å²) in [6, 6.07) is 9.58. The number of ether oxygens (including phenoxy) is 1. The van der Waals surface area contributed by atoms with Crippen LogP contribution in [0.25, 0.3) is 0 Å². The van der Waals surface area contributed by atoms with Crippen molar-refractivity contribution < 1.29 is 22.7 Å². The molecule has 0 saturated carbocycles. The van der Waals surface area contributed by atoms with Crippen LogP contribution in [0, 0.1) is 12.8 Å². The number of carbonyl (C=O) groups is 2. The molecule has 2 heterocycles. The fraction of sp³-hybridized carbons (Fsp3) is 0.364. The minimum atomic E-state index is -3.85. The van der Waals surface area contributed by atoms with Crippen LogP contribution in [0.2, 0.25) is 5.02 Å². The van der Waals surface area contributed by atoms with Gasteiger partial charge in [-0.05, 0) is 68.7 Å². The second-order valence-electron chi connectivity index (χ2n) is 8.06. The number of fused-ring (bicyclic) bond motifs is 1. The van der Waals surface area contributed by atoms with Gasteiger partial charge in [0.1, 0.15) is 5.75 Å². The molecule has 10 heteroatoms. The van der Waals surface area contributed by atoms with Crippen molar-refractivity contribution in [3.05, 3.63) is 47.0 Å². The van der Waals surface area contributed by atoms with E-state index in [2.05, 4.69) is 10.6 Å². The molecular formula is C22H24ClN3O5S. The summed E-state index contributed by atoms with van der Waals surface area (Å²) in [6.07, 6.45) is 0.519. The molecule has 0 aromatic heterocycles. The number of benzene rings is 2. The summed E-state index contributed by atoms with van der Waals surface area (Å²) in [4.78, 5) is 24.8. The van der Waals surface area contributed by atoms with Crippen LogP contribution in [0.15, 0.2) is 41.3 Å². The van der Waals surface area contributed by atoms with E-state index in [-0.39, 0.29) is 23.3 Å². The van der Waals surface area contributed by atoms with Crippen LogP contribution in [0.3, 0.4) is 0 Å². The van der Waals surface area contributed by atoms with Gasteiger partial charge in [0.25, 0.3) is 5.91 Å². The fourth-order valence-corrected chi connectivity index (χ4v) is 5.65. The maximum atomic E-state index is 13.3. The highest BCUT2D eigenvalue weighted by molar-refractivity contribution is 7.89. The number of amides is 2. The van der Waals surface area contributed by atoms with Crippen molar-refractivity contribution in [1.29, 1.82) is 0 Å². The maximum Gasteiger partial charge on any atom is 0.265 e. The summed E-state index contributed by atoms with van der Waals surface area (Å²) in [5.74, 6) is -0.616. The second-order valence-corrected chi connectivity index (χ2v) is 10.4. The largest absolute Gasteiger partial charge is 0.479 e. The third-order valence-corrected chi connectivity index (χ3v) is 7.82. The highest BCUT2D eigenvalue weighted by atomic mass is 35.5. The van der Waals surface area contributed by atoms with Gasteiger partial charge in [0.05, 0.1) is 16.5 Å². The van der Waals surface area contributed by atoms with Crippen molar-refractivity contribution in [3.63, 3.8) is 0 Å². The number of sulfonamides is 1. The molecule has 1 saturated heterocycles. The number of nitrogens with one attached hydrogen (secondary N) is 2. The first kappa shape index (κ1) is 22.6. The Bertz CT molecular complexity index is 1180. The monoisotopic (exact) mass is 477 g/mol. The predicted molar refractivity (Wildman–Crippen MR) is 121 cm³/mol. The predicted octanol–water partition coefficient (Wildman–Crippen LogP) is 3.41. The molecule has 2 amide bonds. The fourth-order valence-electron chi connectivity index (χ4n) is 3.87. The van der Waals surface area contributed by atoms with E-state index in [9.17, 15) is 18.0 Å². The van der Waals surface area contributed by atoms with Crippen molar-refractivity contribution >= 4 is 44.8 Å². The summed E-state index contributed by atoms with van der Waals surface area (Å²) in [5.41, 5.74) is 1.80. The molecule has 2 atom stereocenters. The number of nitrogens with zero attached hydrogens (tertiary/aromatic N) is 1. The summed E-state index contributed by atoms with van der Waals surface area (Å²) < 4.78 is 33.3. The molecule has 2 aliphatic rings. The third-order valence-electron chi connectivity index (χ3n) is 5.72. The molecular weight excluding hydrogens is 454 g/mol. The number of piperidine rings is 1. The van der Waals surface area contributed by atoms with Crippen LogP contribution in [0.5, 0.6) is 5.75 Å². The van der Waals surface area contributed by atoms with Crippen molar-refractivity contribution in [2.75, 3.05) is 23.7 Å². The number of hydrogen-bond donors (Lipinski definition) is 2. The molecule has 0 spiro atoms. The number of hydrogen-bond acceptors (Lipinski definition) is 5. The lowest BCUT2D eigenvalue weighted by Gasteiger charge is -2.31. The van der Waals surface area contributed by atoms with Crippen LogP contribution in [-0.2, 0) is 19.6 Å². The lowest BCUT2D eigenvalue weighted by molar-refractivity contribution is -0.123. The smallest absolute Gasteiger partial charge is 0.265 e. The van der Waals surface area contributed by atoms with E-state index in [1.54, 1.807) is 25.1 Å². The van der Waals surface area contributed by atoms with Gasteiger partial charge >= 0.3 is 0 Å². The van der Waals surface area contributed by atoms with E-state index in [1.807, 2.05) is 6.92 Å². The normalized spacial score (nSPS) is 21.3. The van der Waals surface area contributed by atoms with Gasteiger partial charge in [-0.1, -0.05) is 11.6 Å². The third kappa shape index (κ3) is 4.46. The van der Waals surface area contributed by atoms with Gasteiger partial charge in [-0.25, -0.2) is 8.42 Å². The molecule has 0 bridgehead atoms. The van der Waals surface area contributed by atoms with Crippen LogP contribution < -0.4 is 15.4 Å². The van der Waals surface area contributed by atoms with Crippen molar-refractivity contribution in [2.45, 2.75) is 37.7 Å². The van der Waals surface area contributed by atoms with Crippen LogP contribution in [0.1, 0.15) is 25.3 Å². The lowest BCUT2D eigenvalue weighted by Crippen LogP contribution is -2.43. The zero-order valence-electron chi connectivity index (χ0n) is 17.7. The Labute approximate surface area is 191 Å². The topological polar surface area (TPSA) is 105 Å². The molecule has 2 aromatic rings. The number of halogens is 1. The molecule has 4 rings (SSSR count). The summed E-state index contributed by atoms with van der Waals surface area (Å²) in [5, 5.41) is 6.13. The number of carbonyl (C=O) groups excluding carboxylic acids is 2. The standard InChI is InChI=1S/C22H24ClN3O5S/c1-13-10-16(23)5-7-18(13)24-22(28)15-4-3-9-26(12-15)32(29,30)17-6-8-20-19(11-17)25-21(27)14(2)31-20/h5-8,10-11,14-15H,3-4,9,12H2,1-2H3,(H,24,28)(H,25,27)/t14-,15+/m1/s1. The van der Waals surface area contributed by atoms with E-state index >= 15 is 0 Å². The quantitative estimate of drug-likeness (QED) is 0.702. The highest BCUT2D eigenvalue weighted by Gasteiger charge is 2.34. The minimum absolute atomic E-state index is 0.0457. The SMILES string of the molecule is Cc1cc(Cl)ccc1NC(=O)[C@H]1CCCN(S(=O)(=O)c2ccc3c(c2)NC(=O)[C@@H](C)O3)C1. The van der Waals surface area contributed by atoms with Gasteiger partial charge in [0, 0.05) is 23.8 Å². The van der Waals surface area contributed by atoms with Crippen LogP contribution >= 0.6 is 11.6 Å². The van der Waals surface area contributed by atoms with Gasteiger partial charge < -0.3 is 15.4 Å². The van der Waals surface area contributed by atoms with Gasteiger partial charge in [-0.3, -0.25) is 9.59 Å². The van der Waals surface area contributed by atoms with E-state index in [0.717, 1.165) is 5.56 Å². The molecule has 1 fully saturated rings. The Morgan fingerprint density at radius 2 is 2.03 bits per heavy atom. The molecule has 0 unspecified atom stereocenters. The summed E-state index contributed by atoms with van der Waals surface area (Å²) in [7, 11) is -3.85. The van der Waals surface area contributed by atoms with E-state index in [4.69, 9.17) is 16.3 Å². The van der Waals surface area contributed by atoms with Crippen LogP contribution in [0.4, 0.5) is 11.4 Å². The molecule has 2 aromatic carbocycles. The molecule has 0 radical (unpaired) electrons. The van der Waals surface area contributed by atoms with Gasteiger partial charge in [0.15, 0.2) is 6.10 Å². The number of aryl methyl sites for hydroxylation is 1. The van der Waals surface area contributed by atoms with Crippen LogP contribution in [-0.4, -0.2) is 43.7 Å². The summed E-state index contributed by atoms with van der Waals surface area (Å²) >= 11 is 5.97. The zero-order chi connectivity index (χ0) is 23.0. The first-order chi connectivity index (χ1) is 15.1. The summed E-state index contributed by atoms with van der Waals surface area (Å²) in [6.45, 7) is 3.87.